The number of methoxy groups -OCH3 is 1. The number of ether oxygens (including phenoxy) is 1. The lowest BCUT2D eigenvalue weighted by Gasteiger charge is -2.11. The van der Waals surface area contributed by atoms with Gasteiger partial charge < -0.3 is 4.74 Å². The lowest BCUT2D eigenvalue weighted by molar-refractivity contribution is -0.137. The monoisotopic (exact) mass is 330 g/mol. The SMILES string of the molecule is COc1ccc(-c2cc(C(F)(F)F)ccc2Br)cc1. The van der Waals surface area contributed by atoms with Crippen molar-refractivity contribution in [3.05, 3.63) is 52.5 Å². The molecular weight excluding hydrogens is 321 g/mol. The number of hydrogen-bond acceptors (Lipinski definition) is 1. The van der Waals surface area contributed by atoms with Crippen molar-refractivity contribution in [2.45, 2.75) is 6.18 Å². The van der Waals surface area contributed by atoms with Crippen LogP contribution in [0.1, 0.15) is 5.56 Å². The van der Waals surface area contributed by atoms with Crippen molar-refractivity contribution in [3.8, 4) is 16.9 Å². The van der Waals surface area contributed by atoms with E-state index >= 15 is 0 Å². The molecule has 0 aliphatic heterocycles. The highest BCUT2D eigenvalue weighted by molar-refractivity contribution is 9.10. The Morgan fingerprint density at radius 2 is 1.63 bits per heavy atom. The van der Waals surface area contributed by atoms with E-state index in [-0.39, 0.29) is 0 Å². The zero-order valence-corrected chi connectivity index (χ0v) is 11.5. The molecule has 0 N–H and O–H groups in total. The van der Waals surface area contributed by atoms with Gasteiger partial charge in [-0.25, -0.2) is 0 Å². The second kappa shape index (κ2) is 5.25. The third-order valence-electron chi connectivity index (χ3n) is 2.69. The quantitative estimate of drug-likeness (QED) is 0.740. The van der Waals surface area contributed by atoms with E-state index in [1.54, 1.807) is 24.3 Å². The number of rotatable bonds is 2. The predicted molar refractivity (Wildman–Crippen MR) is 71.1 cm³/mol. The molecule has 0 unspecified atom stereocenters. The van der Waals surface area contributed by atoms with Gasteiger partial charge >= 0.3 is 6.18 Å². The summed E-state index contributed by atoms with van der Waals surface area (Å²) in [4.78, 5) is 0. The first kappa shape index (κ1) is 13.9. The fraction of sp³-hybridized carbons (Fsp3) is 0.143. The van der Waals surface area contributed by atoms with E-state index in [0.717, 1.165) is 12.1 Å². The Balaban J connectivity index is 2.48. The molecule has 1 nitrogen and oxygen atoms in total. The van der Waals surface area contributed by atoms with E-state index in [4.69, 9.17) is 4.74 Å². The molecule has 0 aliphatic carbocycles. The summed E-state index contributed by atoms with van der Waals surface area (Å²) in [5.41, 5.74) is 0.526. The topological polar surface area (TPSA) is 9.23 Å². The minimum Gasteiger partial charge on any atom is -0.497 e. The van der Waals surface area contributed by atoms with Crippen molar-refractivity contribution < 1.29 is 17.9 Å². The average Bonchev–Trinajstić information content (AvgIpc) is 2.38. The summed E-state index contributed by atoms with van der Waals surface area (Å²) in [5.74, 6) is 0.659. The standard InChI is InChI=1S/C14H10BrF3O/c1-19-11-5-2-9(3-6-11)12-8-10(14(16,17)18)4-7-13(12)15/h2-8H,1H3. The van der Waals surface area contributed by atoms with E-state index in [1.807, 2.05) is 0 Å². The second-order valence-electron chi connectivity index (χ2n) is 3.92. The van der Waals surface area contributed by atoms with Gasteiger partial charge in [-0.15, -0.1) is 0 Å². The zero-order valence-electron chi connectivity index (χ0n) is 9.96. The van der Waals surface area contributed by atoms with Crippen molar-refractivity contribution in [2.24, 2.45) is 0 Å². The summed E-state index contributed by atoms with van der Waals surface area (Å²) in [6.45, 7) is 0. The Bertz CT molecular complexity index is 576. The van der Waals surface area contributed by atoms with Crippen LogP contribution in [0.4, 0.5) is 13.2 Å². The molecule has 0 radical (unpaired) electrons. The highest BCUT2D eigenvalue weighted by Gasteiger charge is 2.30. The summed E-state index contributed by atoms with van der Waals surface area (Å²) < 4.78 is 43.7. The van der Waals surface area contributed by atoms with Gasteiger partial charge in [0.05, 0.1) is 12.7 Å². The third-order valence-corrected chi connectivity index (χ3v) is 3.39. The summed E-state index contributed by atoms with van der Waals surface area (Å²) in [7, 11) is 1.54. The summed E-state index contributed by atoms with van der Waals surface area (Å²) >= 11 is 3.27. The van der Waals surface area contributed by atoms with Crippen LogP contribution in [-0.4, -0.2) is 7.11 Å². The molecule has 100 valence electrons. The van der Waals surface area contributed by atoms with Gasteiger partial charge in [-0.05, 0) is 41.5 Å². The van der Waals surface area contributed by atoms with Gasteiger partial charge in [-0.2, -0.15) is 13.2 Å². The smallest absolute Gasteiger partial charge is 0.416 e. The number of hydrogen-bond donors (Lipinski definition) is 0. The summed E-state index contributed by atoms with van der Waals surface area (Å²) in [5, 5.41) is 0. The minimum absolute atomic E-state index is 0.498. The van der Waals surface area contributed by atoms with Crippen LogP contribution in [0.2, 0.25) is 0 Å². The molecule has 0 aliphatic rings. The fourth-order valence-electron chi connectivity index (χ4n) is 1.69. The third kappa shape index (κ3) is 3.10. The molecule has 0 bridgehead atoms. The van der Waals surface area contributed by atoms with Crippen LogP contribution in [0.25, 0.3) is 11.1 Å². The minimum atomic E-state index is -4.35. The van der Waals surface area contributed by atoms with Gasteiger partial charge in [0.1, 0.15) is 5.75 Å². The maximum Gasteiger partial charge on any atom is 0.416 e. The van der Waals surface area contributed by atoms with Crippen molar-refractivity contribution in [2.75, 3.05) is 7.11 Å². The second-order valence-corrected chi connectivity index (χ2v) is 4.78. The van der Waals surface area contributed by atoms with E-state index < -0.39 is 11.7 Å². The van der Waals surface area contributed by atoms with Crippen molar-refractivity contribution in [1.29, 1.82) is 0 Å². The lowest BCUT2D eigenvalue weighted by atomic mass is 10.0. The molecule has 0 saturated heterocycles. The first-order chi connectivity index (χ1) is 8.91. The highest BCUT2D eigenvalue weighted by atomic mass is 79.9. The molecular formula is C14H10BrF3O. The molecule has 2 rings (SSSR count). The van der Waals surface area contributed by atoms with Gasteiger partial charge in [-0.1, -0.05) is 28.1 Å². The van der Waals surface area contributed by atoms with Crippen molar-refractivity contribution in [3.63, 3.8) is 0 Å². The molecule has 0 spiro atoms. The number of halogens is 4. The van der Waals surface area contributed by atoms with Crippen LogP contribution >= 0.6 is 15.9 Å². The number of benzene rings is 2. The molecule has 19 heavy (non-hydrogen) atoms. The summed E-state index contributed by atoms with van der Waals surface area (Å²) in [6, 6.07) is 10.5. The molecule has 0 amide bonds. The number of alkyl halides is 3. The van der Waals surface area contributed by atoms with Crippen LogP contribution in [0.5, 0.6) is 5.75 Å². The van der Waals surface area contributed by atoms with Gasteiger partial charge in [0, 0.05) is 4.47 Å². The van der Waals surface area contributed by atoms with Crippen LogP contribution in [0.3, 0.4) is 0 Å². The fourth-order valence-corrected chi connectivity index (χ4v) is 2.17. The van der Waals surface area contributed by atoms with Crippen molar-refractivity contribution in [1.82, 2.24) is 0 Å². The lowest BCUT2D eigenvalue weighted by Crippen LogP contribution is -2.04. The normalized spacial score (nSPS) is 11.4. The largest absolute Gasteiger partial charge is 0.497 e. The Kier molecular flexibility index (Phi) is 3.85. The Labute approximate surface area is 117 Å². The molecule has 5 heteroatoms. The molecule has 0 aromatic heterocycles. The molecule has 0 atom stereocenters. The maximum atomic E-state index is 12.7. The average molecular weight is 331 g/mol. The predicted octanol–water partition coefficient (Wildman–Crippen LogP) is 5.14. The maximum absolute atomic E-state index is 12.7. The first-order valence-electron chi connectivity index (χ1n) is 5.43. The summed E-state index contributed by atoms with van der Waals surface area (Å²) in [6.07, 6.45) is -4.35. The van der Waals surface area contributed by atoms with E-state index in [9.17, 15) is 13.2 Å². The van der Waals surface area contributed by atoms with E-state index in [0.29, 0.717) is 21.3 Å². The van der Waals surface area contributed by atoms with Gasteiger partial charge in [0.15, 0.2) is 0 Å². The first-order valence-corrected chi connectivity index (χ1v) is 6.22. The molecule has 0 fully saturated rings. The Morgan fingerprint density at radius 3 is 2.16 bits per heavy atom. The Morgan fingerprint density at radius 1 is 1.00 bits per heavy atom. The van der Waals surface area contributed by atoms with Gasteiger partial charge in [0.25, 0.3) is 0 Å². The van der Waals surface area contributed by atoms with Crippen LogP contribution in [-0.2, 0) is 6.18 Å². The van der Waals surface area contributed by atoms with E-state index in [1.165, 1.54) is 13.2 Å². The van der Waals surface area contributed by atoms with Crippen molar-refractivity contribution >= 4 is 15.9 Å². The molecule has 0 saturated carbocycles. The van der Waals surface area contributed by atoms with Crippen LogP contribution in [0, 0.1) is 0 Å². The van der Waals surface area contributed by atoms with E-state index in [2.05, 4.69) is 15.9 Å². The van der Waals surface area contributed by atoms with Gasteiger partial charge in [-0.3, -0.25) is 0 Å². The molecule has 2 aromatic rings. The zero-order chi connectivity index (χ0) is 14.0. The highest BCUT2D eigenvalue weighted by Crippen LogP contribution is 2.36. The Hall–Kier alpha value is -1.49. The molecule has 0 heterocycles. The van der Waals surface area contributed by atoms with Crippen LogP contribution < -0.4 is 4.74 Å². The van der Waals surface area contributed by atoms with Crippen LogP contribution in [0.15, 0.2) is 46.9 Å². The van der Waals surface area contributed by atoms with Gasteiger partial charge in [0.2, 0.25) is 0 Å². The molecule has 2 aromatic carbocycles.